The topological polar surface area (TPSA) is 150 Å². The summed E-state index contributed by atoms with van der Waals surface area (Å²) in [5.41, 5.74) is 7.20. The summed E-state index contributed by atoms with van der Waals surface area (Å²) in [6.45, 7) is 2.38. The number of anilines is 1. The van der Waals surface area contributed by atoms with Crippen LogP contribution in [-0.2, 0) is 21.2 Å². The minimum absolute atomic E-state index is 0.0783. The van der Waals surface area contributed by atoms with E-state index in [2.05, 4.69) is 24.7 Å². The largest absolute Gasteiger partial charge is 0.477 e. The lowest BCUT2D eigenvalue weighted by atomic mass is 9.75. The molecular weight excluding hydrogens is 456 g/mol. The Bertz CT molecular complexity index is 1230. The van der Waals surface area contributed by atoms with Crippen LogP contribution in [0.15, 0.2) is 42.9 Å². The molecule has 1 atom stereocenters. The number of hydrogen-bond donors (Lipinski definition) is 2. The van der Waals surface area contributed by atoms with Crippen molar-refractivity contribution in [3.8, 4) is 5.88 Å². The number of amides is 1. The predicted octanol–water partition coefficient (Wildman–Crippen LogP) is 2.41. The average Bonchev–Trinajstić information content (AvgIpc) is 3.66. The smallest absolute Gasteiger partial charge is 0.237 e. The Labute approximate surface area is 198 Å². The van der Waals surface area contributed by atoms with Crippen LogP contribution >= 0.6 is 0 Å². The second-order valence-corrected chi connectivity index (χ2v) is 10.4. The van der Waals surface area contributed by atoms with Crippen molar-refractivity contribution >= 4 is 27.5 Å². The number of hydrogen-bond acceptors (Lipinski definition) is 8. The Morgan fingerprint density at radius 2 is 2.12 bits per heavy atom. The number of nitrogens with zero attached hydrogens (tertiary/aromatic N) is 4. The van der Waals surface area contributed by atoms with Gasteiger partial charge in [-0.2, -0.15) is 0 Å². The van der Waals surface area contributed by atoms with Gasteiger partial charge in [0.05, 0.1) is 35.4 Å². The molecule has 2 aromatic rings. The summed E-state index contributed by atoms with van der Waals surface area (Å²) >= 11 is 0. The molecule has 10 nitrogen and oxygen atoms in total. The molecule has 1 unspecified atom stereocenters. The van der Waals surface area contributed by atoms with Crippen molar-refractivity contribution in [2.75, 3.05) is 11.3 Å². The maximum absolute atomic E-state index is 12.4. The molecule has 0 aliphatic heterocycles. The summed E-state index contributed by atoms with van der Waals surface area (Å²) in [5.74, 6) is 0.132. The maximum atomic E-state index is 12.4. The van der Waals surface area contributed by atoms with Gasteiger partial charge in [0.1, 0.15) is 0 Å². The number of primary amides is 1. The summed E-state index contributed by atoms with van der Waals surface area (Å²) in [7, 11) is -3.42. The molecule has 0 radical (unpaired) electrons. The molecule has 1 fully saturated rings. The van der Waals surface area contributed by atoms with Crippen molar-refractivity contribution in [2.24, 2.45) is 11.1 Å². The number of nitrogens with one attached hydrogen (secondary N) is 1. The molecule has 11 heteroatoms. The second-order valence-electron chi connectivity index (χ2n) is 8.46. The molecule has 0 spiro atoms. The minimum Gasteiger partial charge on any atom is -0.477 e. The van der Waals surface area contributed by atoms with Crippen molar-refractivity contribution in [3.05, 3.63) is 54.3 Å². The summed E-state index contributed by atoms with van der Waals surface area (Å²) < 4.78 is 32.1. The van der Waals surface area contributed by atoms with Crippen LogP contribution in [0.5, 0.6) is 5.88 Å². The second kappa shape index (κ2) is 9.88. The first-order valence-electron chi connectivity index (χ1n) is 11.3. The molecule has 0 bridgehead atoms. The summed E-state index contributed by atoms with van der Waals surface area (Å²) in [5, 5.41) is -0.348. The van der Waals surface area contributed by atoms with E-state index < -0.39 is 21.3 Å². The van der Waals surface area contributed by atoms with E-state index in [0.29, 0.717) is 62.4 Å². The zero-order valence-corrected chi connectivity index (χ0v) is 19.8. The Hall–Kier alpha value is -3.34. The highest BCUT2D eigenvalue weighted by Gasteiger charge is 2.36. The van der Waals surface area contributed by atoms with Gasteiger partial charge in [-0.1, -0.05) is 18.2 Å². The van der Waals surface area contributed by atoms with Crippen LogP contribution < -0.4 is 15.2 Å². The van der Waals surface area contributed by atoms with Crippen LogP contribution in [0, 0.1) is 5.41 Å². The van der Waals surface area contributed by atoms with Crippen molar-refractivity contribution < 1.29 is 17.9 Å². The molecule has 0 aromatic carbocycles. The molecule has 3 N–H and O–H groups in total. The standard InChI is InChI=1S/C23H28N6O4S/c1-2-33-20-15-25-14-19(28-20)16-7-11-23(12-8-16,21(24)30)10-3-4-17-9-13-26-22(27-17)29-34(31,32)18-5-6-18/h7-9,11,13-15,18H,2-6,10,12H2,1H3,(H2,24,30)(H,26,27,29). The van der Waals surface area contributed by atoms with Gasteiger partial charge in [0.25, 0.3) is 0 Å². The molecule has 2 aromatic heterocycles. The van der Waals surface area contributed by atoms with E-state index >= 15 is 0 Å². The SMILES string of the molecule is CCOc1cncc(C2=CCC(CCCc3ccnc(NS(=O)(=O)C4CC4)n3)(C(N)=O)C=C2)n1. The quantitative estimate of drug-likeness (QED) is 0.493. The van der Waals surface area contributed by atoms with Gasteiger partial charge < -0.3 is 10.5 Å². The molecule has 180 valence electrons. The van der Waals surface area contributed by atoms with Crippen LogP contribution in [0.2, 0.25) is 0 Å². The highest BCUT2D eigenvalue weighted by Crippen LogP contribution is 2.37. The van der Waals surface area contributed by atoms with E-state index in [9.17, 15) is 13.2 Å². The van der Waals surface area contributed by atoms with E-state index in [1.165, 1.54) is 6.20 Å². The third kappa shape index (κ3) is 5.58. The number of carbonyl (C=O) groups is 1. The van der Waals surface area contributed by atoms with E-state index in [-0.39, 0.29) is 11.2 Å². The molecule has 4 rings (SSSR count). The van der Waals surface area contributed by atoms with Gasteiger partial charge in [-0.3, -0.25) is 14.5 Å². The summed E-state index contributed by atoms with van der Waals surface area (Å²) in [6, 6.07) is 1.74. The normalized spacial score (nSPS) is 20.0. The van der Waals surface area contributed by atoms with E-state index in [4.69, 9.17) is 10.5 Å². The van der Waals surface area contributed by atoms with Crippen molar-refractivity contribution in [1.29, 1.82) is 0 Å². The fourth-order valence-corrected chi connectivity index (χ4v) is 5.10. The van der Waals surface area contributed by atoms with Crippen LogP contribution in [0.1, 0.15) is 50.4 Å². The van der Waals surface area contributed by atoms with Gasteiger partial charge >= 0.3 is 0 Å². The Morgan fingerprint density at radius 1 is 1.29 bits per heavy atom. The first-order valence-corrected chi connectivity index (χ1v) is 12.8. The minimum atomic E-state index is -3.42. The molecule has 34 heavy (non-hydrogen) atoms. The number of allylic oxidation sites excluding steroid dienone is 3. The highest BCUT2D eigenvalue weighted by atomic mass is 32.2. The zero-order valence-electron chi connectivity index (χ0n) is 19.0. The van der Waals surface area contributed by atoms with Gasteiger partial charge in [-0.05, 0) is 57.1 Å². The molecular formula is C23H28N6O4S. The Morgan fingerprint density at radius 3 is 2.79 bits per heavy atom. The first kappa shape index (κ1) is 23.8. The van der Waals surface area contributed by atoms with Crippen molar-refractivity contribution in [2.45, 2.75) is 50.7 Å². The first-order chi connectivity index (χ1) is 16.3. The van der Waals surface area contributed by atoms with Gasteiger partial charge in [-0.15, -0.1) is 0 Å². The van der Waals surface area contributed by atoms with Crippen LogP contribution in [0.25, 0.3) is 5.57 Å². The van der Waals surface area contributed by atoms with Gasteiger partial charge in [-0.25, -0.2) is 23.4 Å². The zero-order chi connectivity index (χ0) is 24.2. The lowest BCUT2D eigenvalue weighted by Crippen LogP contribution is -2.36. The average molecular weight is 485 g/mol. The van der Waals surface area contributed by atoms with Crippen molar-refractivity contribution in [3.63, 3.8) is 0 Å². The van der Waals surface area contributed by atoms with Gasteiger partial charge in [0, 0.05) is 11.9 Å². The number of nitrogens with two attached hydrogens (primary N) is 1. The highest BCUT2D eigenvalue weighted by molar-refractivity contribution is 7.93. The van der Waals surface area contributed by atoms with Crippen LogP contribution in [-0.4, -0.2) is 46.1 Å². The molecule has 2 heterocycles. The number of aryl methyl sites for hydroxylation is 1. The number of rotatable bonds is 11. The lowest BCUT2D eigenvalue weighted by molar-refractivity contribution is -0.125. The van der Waals surface area contributed by atoms with Crippen LogP contribution in [0.4, 0.5) is 5.95 Å². The number of ether oxygens (including phenoxy) is 1. The fraction of sp³-hybridized carbons (Fsp3) is 0.435. The predicted molar refractivity (Wildman–Crippen MR) is 127 cm³/mol. The van der Waals surface area contributed by atoms with E-state index in [1.54, 1.807) is 18.5 Å². The summed E-state index contributed by atoms with van der Waals surface area (Å²) in [4.78, 5) is 29.3. The Kier molecular flexibility index (Phi) is 6.92. The monoisotopic (exact) mass is 484 g/mol. The molecule has 2 aliphatic carbocycles. The third-order valence-electron chi connectivity index (χ3n) is 5.93. The Balaban J connectivity index is 1.38. The maximum Gasteiger partial charge on any atom is 0.237 e. The fourth-order valence-electron chi connectivity index (χ4n) is 3.82. The van der Waals surface area contributed by atoms with Crippen LogP contribution in [0.3, 0.4) is 0 Å². The number of carbonyl (C=O) groups excluding carboxylic acids is 1. The molecule has 0 saturated heterocycles. The third-order valence-corrected chi connectivity index (χ3v) is 7.74. The van der Waals surface area contributed by atoms with E-state index in [1.807, 2.05) is 25.2 Å². The molecule has 1 saturated carbocycles. The number of aromatic nitrogens is 4. The van der Waals surface area contributed by atoms with Gasteiger partial charge in [0.2, 0.25) is 27.8 Å². The van der Waals surface area contributed by atoms with E-state index in [0.717, 1.165) is 5.57 Å². The van der Waals surface area contributed by atoms with Crippen molar-refractivity contribution in [1.82, 2.24) is 19.9 Å². The molecule has 1 amide bonds. The molecule has 2 aliphatic rings. The van der Waals surface area contributed by atoms with Gasteiger partial charge in [0.15, 0.2) is 0 Å². The number of sulfonamides is 1. The lowest BCUT2D eigenvalue weighted by Gasteiger charge is -2.29. The summed E-state index contributed by atoms with van der Waals surface area (Å²) in [6.07, 6.45) is 13.9.